The van der Waals surface area contributed by atoms with E-state index in [1.807, 2.05) is 30.3 Å². The van der Waals surface area contributed by atoms with Crippen LogP contribution in [-0.2, 0) is 5.88 Å². The normalized spacial score (nSPS) is 10.7. The minimum absolute atomic E-state index is 0.243. The van der Waals surface area contributed by atoms with Crippen molar-refractivity contribution in [3.8, 4) is 11.1 Å². The summed E-state index contributed by atoms with van der Waals surface area (Å²) in [6.07, 6.45) is 3.41. The summed E-state index contributed by atoms with van der Waals surface area (Å²) in [5.74, 6) is -0.128. The summed E-state index contributed by atoms with van der Waals surface area (Å²) in [5.41, 5.74) is 9.17. The highest BCUT2D eigenvalue weighted by Crippen LogP contribution is 2.29. The number of primary amides is 1. The van der Waals surface area contributed by atoms with Gasteiger partial charge in [0.1, 0.15) is 5.69 Å². The lowest BCUT2D eigenvalue weighted by Gasteiger charge is -2.09. The van der Waals surface area contributed by atoms with Gasteiger partial charge in [0, 0.05) is 23.7 Å². The molecule has 0 radical (unpaired) electrons. The Balaban J connectivity index is 2.35. The molecule has 0 aliphatic rings. The summed E-state index contributed by atoms with van der Waals surface area (Å²) in [6.45, 7) is 0. The number of hydrogen-bond acceptors (Lipinski definition) is 3. The zero-order chi connectivity index (χ0) is 14.8. The van der Waals surface area contributed by atoms with Crippen LogP contribution in [0.2, 0.25) is 0 Å². The zero-order valence-corrected chi connectivity index (χ0v) is 11.8. The Bertz CT molecular complexity index is 818. The van der Waals surface area contributed by atoms with Crippen LogP contribution in [0.25, 0.3) is 22.0 Å². The van der Waals surface area contributed by atoms with Gasteiger partial charge >= 0.3 is 0 Å². The Kier molecular flexibility index (Phi) is 3.54. The van der Waals surface area contributed by atoms with Crippen molar-refractivity contribution >= 4 is 28.4 Å². The molecule has 0 saturated carbocycles. The second kappa shape index (κ2) is 5.50. The van der Waals surface area contributed by atoms with Crippen molar-refractivity contribution < 1.29 is 4.79 Å². The van der Waals surface area contributed by atoms with E-state index in [0.717, 1.165) is 22.1 Å². The van der Waals surface area contributed by atoms with Gasteiger partial charge in [-0.3, -0.25) is 9.78 Å². The maximum Gasteiger partial charge on any atom is 0.267 e. The number of benzene rings is 1. The first-order valence-electron chi connectivity index (χ1n) is 6.39. The van der Waals surface area contributed by atoms with Crippen molar-refractivity contribution in [3.63, 3.8) is 0 Å². The van der Waals surface area contributed by atoms with E-state index in [1.165, 1.54) is 0 Å². The van der Waals surface area contributed by atoms with Gasteiger partial charge < -0.3 is 5.73 Å². The zero-order valence-electron chi connectivity index (χ0n) is 11.1. The predicted octanol–water partition coefficient (Wildman–Crippen LogP) is 3.13. The molecule has 2 aromatic heterocycles. The minimum atomic E-state index is -0.548. The first-order chi connectivity index (χ1) is 10.2. The lowest BCUT2D eigenvalue weighted by molar-refractivity contribution is 0.0996. The molecule has 21 heavy (non-hydrogen) atoms. The number of carbonyl (C=O) groups is 1. The van der Waals surface area contributed by atoms with E-state index in [-0.39, 0.29) is 5.69 Å². The van der Waals surface area contributed by atoms with E-state index in [2.05, 4.69) is 9.97 Å². The molecule has 0 bridgehead atoms. The standard InChI is InChI=1S/C16H12ClN3O/c17-9-10-1-2-14-13(7-10)12(8-15(20-14)16(18)21)11-3-5-19-6-4-11/h1-8H,9H2,(H2,18,21). The summed E-state index contributed by atoms with van der Waals surface area (Å²) in [4.78, 5) is 19.8. The van der Waals surface area contributed by atoms with Crippen LogP contribution in [0.3, 0.4) is 0 Å². The lowest BCUT2D eigenvalue weighted by atomic mass is 9.99. The highest BCUT2D eigenvalue weighted by atomic mass is 35.5. The minimum Gasteiger partial charge on any atom is -0.364 e. The topological polar surface area (TPSA) is 68.9 Å². The van der Waals surface area contributed by atoms with Crippen LogP contribution >= 0.6 is 11.6 Å². The highest BCUT2D eigenvalue weighted by molar-refractivity contribution is 6.17. The molecule has 5 heteroatoms. The SMILES string of the molecule is NC(=O)c1cc(-c2ccncc2)c2cc(CCl)ccc2n1. The number of amides is 1. The van der Waals surface area contributed by atoms with E-state index >= 15 is 0 Å². The number of fused-ring (bicyclic) bond motifs is 1. The summed E-state index contributed by atoms with van der Waals surface area (Å²) in [6, 6.07) is 11.2. The molecule has 0 atom stereocenters. The van der Waals surface area contributed by atoms with Gasteiger partial charge in [-0.1, -0.05) is 6.07 Å². The third-order valence-electron chi connectivity index (χ3n) is 3.27. The fourth-order valence-electron chi connectivity index (χ4n) is 2.25. The fraction of sp³-hybridized carbons (Fsp3) is 0.0625. The molecule has 3 rings (SSSR count). The molecule has 4 nitrogen and oxygen atoms in total. The van der Waals surface area contributed by atoms with Crippen molar-refractivity contribution in [1.29, 1.82) is 0 Å². The van der Waals surface area contributed by atoms with Crippen molar-refractivity contribution in [1.82, 2.24) is 9.97 Å². The van der Waals surface area contributed by atoms with Crippen LogP contribution < -0.4 is 5.73 Å². The van der Waals surface area contributed by atoms with Crippen LogP contribution in [0.5, 0.6) is 0 Å². The molecule has 0 fully saturated rings. The van der Waals surface area contributed by atoms with Crippen LogP contribution in [0.4, 0.5) is 0 Å². The van der Waals surface area contributed by atoms with Crippen molar-refractivity contribution in [2.24, 2.45) is 5.73 Å². The van der Waals surface area contributed by atoms with Gasteiger partial charge in [-0.05, 0) is 47.0 Å². The molecule has 1 aromatic carbocycles. The number of nitrogens with two attached hydrogens (primary N) is 1. The van der Waals surface area contributed by atoms with Gasteiger partial charge in [0.2, 0.25) is 0 Å². The van der Waals surface area contributed by atoms with Crippen LogP contribution in [0.15, 0.2) is 48.8 Å². The van der Waals surface area contributed by atoms with Crippen LogP contribution in [0.1, 0.15) is 16.1 Å². The average molecular weight is 298 g/mol. The summed E-state index contributed by atoms with van der Waals surface area (Å²) >= 11 is 5.90. The van der Waals surface area contributed by atoms with Gasteiger partial charge in [0.25, 0.3) is 5.91 Å². The molecule has 1 amide bonds. The van der Waals surface area contributed by atoms with Crippen molar-refractivity contribution in [3.05, 3.63) is 60.0 Å². The van der Waals surface area contributed by atoms with E-state index in [0.29, 0.717) is 11.4 Å². The first-order valence-corrected chi connectivity index (χ1v) is 6.92. The van der Waals surface area contributed by atoms with E-state index in [9.17, 15) is 4.79 Å². The molecule has 0 spiro atoms. The van der Waals surface area contributed by atoms with E-state index < -0.39 is 5.91 Å². The summed E-state index contributed by atoms with van der Waals surface area (Å²) in [5, 5.41) is 0.935. The number of halogens is 1. The smallest absolute Gasteiger partial charge is 0.267 e. The number of alkyl halides is 1. The van der Waals surface area contributed by atoms with Gasteiger partial charge in [-0.15, -0.1) is 11.6 Å². The van der Waals surface area contributed by atoms with Crippen LogP contribution in [-0.4, -0.2) is 15.9 Å². The number of carbonyl (C=O) groups excluding carboxylic acids is 1. The number of rotatable bonds is 3. The molecule has 104 valence electrons. The number of pyridine rings is 2. The molecular formula is C16H12ClN3O. The quantitative estimate of drug-likeness (QED) is 0.755. The third-order valence-corrected chi connectivity index (χ3v) is 3.58. The molecule has 0 unspecified atom stereocenters. The van der Waals surface area contributed by atoms with Gasteiger partial charge in [-0.2, -0.15) is 0 Å². The fourth-order valence-corrected chi connectivity index (χ4v) is 2.42. The molecule has 0 saturated heterocycles. The van der Waals surface area contributed by atoms with E-state index in [4.69, 9.17) is 17.3 Å². The molecular weight excluding hydrogens is 286 g/mol. The Morgan fingerprint density at radius 1 is 1.14 bits per heavy atom. The first kappa shape index (κ1) is 13.5. The summed E-state index contributed by atoms with van der Waals surface area (Å²) < 4.78 is 0. The molecule has 0 aliphatic heterocycles. The number of nitrogens with zero attached hydrogens (tertiary/aromatic N) is 2. The summed E-state index contributed by atoms with van der Waals surface area (Å²) in [7, 11) is 0. The monoisotopic (exact) mass is 297 g/mol. The Labute approximate surface area is 126 Å². The second-order valence-corrected chi connectivity index (χ2v) is 4.91. The van der Waals surface area contributed by atoms with Crippen molar-refractivity contribution in [2.75, 3.05) is 0 Å². The Hall–Kier alpha value is -2.46. The van der Waals surface area contributed by atoms with Gasteiger partial charge in [0.05, 0.1) is 5.52 Å². The average Bonchev–Trinajstić information content (AvgIpc) is 2.54. The predicted molar refractivity (Wildman–Crippen MR) is 83.0 cm³/mol. The Morgan fingerprint density at radius 2 is 1.90 bits per heavy atom. The molecule has 2 heterocycles. The molecule has 2 N–H and O–H groups in total. The van der Waals surface area contributed by atoms with Gasteiger partial charge in [-0.25, -0.2) is 4.98 Å². The molecule has 3 aromatic rings. The lowest BCUT2D eigenvalue weighted by Crippen LogP contribution is -2.13. The molecule has 0 aliphatic carbocycles. The third kappa shape index (κ3) is 2.58. The second-order valence-electron chi connectivity index (χ2n) is 4.64. The van der Waals surface area contributed by atoms with Gasteiger partial charge in [0.15, 0.2) is 0 Å². The maximum absolute atomic E-state index is 11.5. The van der Waals surface area contributed by atoms with E-state index in [1.54, 1.807) is 18.5 Å². The van der Waals surface area contributed by atoms with Crippen molar-refractivity contribution in [2.45, 2.75) is 5.88 Å². The Morgan fingerprint density at radius 3 is 2.57 bits per heavy atom. The highest BCUT2D eigenvalue weighted by Gasteiger charge is 2.11. The number of hydrogen-bond donors (Lipinski definition) is 1. The number of aromatic nitrogens is 2. The largest absolute Gasteiger partial charge is 0.364 e. The maximum atomic E-state index is 11.5. The van der Waals surface area contributed by atoms with Crippen LogP contribution in [0, 0.1) is 0 Å².